The van der Waals surface area contributed by atoms with Crippen LogP contribution in [0.15, 0.2) is 91.3 Å². The van der Waals surface area contributed by atoms with Crippen molar-refractivity contribution >= 4 is 40.6 Å². The number of thiocarbonyl (C=S) groups is 1. The molecule has 0 saturated carbocycles. The molecule has 1 aliphatic rings. The number of aromatic nitrogens is 2. The Labute approximate surface area is 213 Å². The third-order valence-corrected chi connectivity index (χ3v) is 6.35. The largest absolute Gasteiger partial charge is 0.478 e. The lowest BCUT2D eigenvalue weighted by molar-refractivity contribution is -0.114. The van der Waals surface area contributed by atoms with Crippen molar-refractivity contribution in [1.82, 2.24) is 14.9 Å². The van der Waals surface area contributed by atoms with E-state index in [1.807, 2.05) is 70.3 Å². The number of rotatable bonds is 6. The first-order valence-corrected chi connectivity index (χ1v) is 11.7. The van der Waals surface area contributed by atoms with Crippen molar-refractivity contribution in [3.8, 4) is 5.69 Å². The predicted octanol–water partition coefficient (Wildman–Crippen LogP) is 4.71. The van der Waals surface area contributed by atoms with E-state index in [1.165, 1.54) is 6.92 Å². The van der Waals surface area contributed by atoms with Gasteiger partial charge in [0.1, 0.15) is 6.04 Å². The van der Waals surface area contributed by atoms with Crippen molar-refractivity contribution < 1.29 is 14.7 Å². The van der Waals surface area contributed by atoms with E-state index >= 15 is 0 Å². The number of nitrogens with zero attached hydrogens (tertiary/aromatic N) is 3. The monoisotopic (exact) mass is 497 g/mol. The SMILES string of the molecule is CC(=O)Nc1ccc(N2C(=S)N[C@@H](c3ccccn3)[C@H]2c2cccn2-c2ccc(C(=O)O)cc2)cc1. The maximum absolute atomic E-state index is 11.4. The minimum atomic E-state index is -0.969. The molecular weight excluding hydrogens is 474 g/mol. The van der Waals surface area contributed by atoms with Gasteiger partial charge in [0.25, 0.3) is 0 Å². The highest BCUT2D eigenvalue weighted by molar-refractivity contribution is 7.80. The van der Waals surface area contributed by atoms with Gasteiger partial charge in [-0.1, -0.05) is 6.07 Å². The van der Waals surface area contributed by atoms with Crippen LogP contribution in [0.25, 0.3) is 5.69 Å². The maximum Gasteiger partial charge on any atom is 0.335 e. The molecule has 180 valence electrons. The molecule has 0 radical (unpaired) electrons. The molecule has 5 rings (SSSR count). The molecule has 0 bridgehead atoms. The number of pyridine rings is 1. The van der Waals surface area contributed by atoms with Crippen molar-refractivity contribution in [3.05, 3.63) is 108 Å². The van der Waals surface area contributed by atoms with Gasteiger partial charge in [0.15, 0.2) is 5.11 Å². The summed E-state index contributed by atoms with van der Waals surface area (Å²) in [5.74, 6) is -1.11. The molecule has 4 aromatic rings. The molecule has 3 heterocycles. The molecule has 9 heteroatoms. The fraction of sp³-hybridized carbons (Fsp3) is 0.111. The summed E-state index contributed by atoms with van der Waals surface area (Å²) >= 11 is 5.80. The van der Waals surface area contributed by atoms with Gasteiger partial charge >= 0.3 is 5.97 Å². The number of benzene rings is 2. The number of anilines is 2. The van der Waals surface area contributed by atoms with Gasteiger partial charge in [-0.15, -0.1) is 0 Å². The molecule has 0 unspecified atom stereocenters. The Morgan fingerprint density at radius 1 is 0.972 bits per heavy atom. The lowest BCUT2D eigenvalue weighted by atomic mass is 10.0. The molecule has 1 amide bonds. The van der Waals surface area contributed by atoms with Crippen LogP contribution in [0.1, 0.15) is 40.8 Å². The number of aromatic carboxylic acids is 1. The highest BCUT2D eigenvalue weighted by atomic mass is 32.1. The van der Waals surface area contributed by atoms with Crippen molar-refractivity contribution in [3.63, 3.8) is 0 Å². The van der Waals surface area contributed by atoms with E-state index in [2.05, 4.69) is 15.6 Å². The quantitative estimate of drug-likeness (QED) is 0.332. The maximum atomic E-state index is 11.4. The number of carboxylic acids is 1. The molecule has 3 N–H and O–H groups in total. The van der Waals surface area contributed by atoms with Gasteiger partial charge < -0.3 is 25.2 Å². The van der Waals surface area contributed by atoms with E-state index in [-0.39, 0.29) is 23.6 Å². The van der Waals surface area contributed by atoms with E-state index in [1.54, 1.807) is 30.5 Å². The average Bonchev–Trinajstić information content (AvgIpc) is 3.49. The summed E-state index contributed by atoms with van der Waals surface area (Å²) in [7, 11) is 0. The van der Waals surface area contributed by atoms with Crippen molar-refractivity contribution in [2.75, 3.05) is 10.2 Å². The highest BCUT2D eigenvalue weighted by Crippen LogP contribution is 2.42. The minimum absolute atomic E-state index is 0.138. The van der Waals surface area contributed by atoms with Crippen LogP contribution in [0.4, 0.5) is 11.4 Å². The van der Waals surface area contributed by atoms with Gasteiger partial charge in [-0.2, -0.15) is 0 Å². The van der Waals surface area contributed by atoms with Crippen LogP contribution in [0.5, 0.6) is 0 Å². The molecule has 2 aromatic carbocycles. The Morgan fingerprint density at radius 3 is 2.33 bits per heavy atom. The second-order valence-electron chi connectivity index (χ2n) is 8.38. The first-order chi connectivity index (χ1) is 17.4. The van der Waals surface area contributed by atoms with Gasteiger partial charge in [-0.25, -0.2) is 4.79 Å². The minimum Gasteiger partial charge on any atom is -0.478 e. The first kappa shape index (κ1) is 23.3. The Balaban J connectivity index is 1.59. The van der Waals surface area contributed by atoms with E-state index in [0.29, 0.717) is 10.8 Å². The highest BCUT2D eigenvalue weighted by Gasteiger charge is 2.42. The zero-order valence-electron chi connectivity index (χ0n) is 19.3. The fourth-order valence-electron chi connectivity index (χ4n) is 4.48. The normalized spacial score (nSPS) is 17.0. The summed E-state index contributed by atoms with van der Waals surface area (Å²) in [6, 6.07) is 23.5. The van der Waals surface area contributed by atoms with Gasteiger partial charge in [0.2, 0.25) is 5.91 Å². The lowest BCUT2D eigenvalue weighted by Gasteiger charge is -2.29. The number of hydrogen-bond acceptors (Lipinski definition) is 4. The van der Waals surface area contributed by atoms with Crippen LogP contribution in [-0.4, -0.2) is 31.6 Å². The Kier molecular flexibility index (Phi) is 6.22. The third-order valence-electron chi connectivity index (χ3n) is 6.04. The topological polar surface area (TPSA) is 99.5 Å². The predicted molar refractivity (Wildman–Crippen MR) is 141 cm³/mol. The van der Waals surface area contributed by atoms with Crippen LogP contribution >= 0.6 is 12.2 Å². The summed E-state index contributed by atoms with van der Waals surface area (Å²) in [5.41, 5.74) is 4.41. The van der Waals surface area contributed by atoms with E-state index in [9.17, 15) is 14.7 Å². The fourth-order valence-corrected chi connectivity index (χ4v) is 4.82. The molecule has 1 fully saturated rings. The second kappa shape index (κ2) is 9.63. The van der Waals surface area contributed by atoms with E-state index in [0.717, 1.165) is 22.8 Å². The third kappa shape index (κ3) is 4.44. The van der Waals surface area contributed by atoms with Gasteiger partial charge in [-0.05, 0) is 85.0 Å². The lowest BCUT2D eigenvalue weighted by Crippen LogP contribution is -2.30. The summed E-state index contributed by atoms with van der Waals surface area (Å²) in [4.78, 5) is 29.4. The molecule has 1 aliphatic heterocycles. The Bertz CT molecular complexity index is 1420. The van der Waals surface area contributed by atoms with Gasteiger partial charge in [0, 0.05) is 42.1 Å². The van der Waals surface area contributed by atoms with Crippen LogP contribution in [-0.2, 0) is 4.79 Å². The summed E-state index contributed by atoms with van der Waals surface area (Å²) in [6.45, 7) is 1.47. The second-order valence-corrected chi connectivity index (χ2v) is 8.77. The van der Waals surface area contributed by atoms with Crippen molar-refractivity contribution in [1.29, 1.82) is 0 Å². The Morgan fingerprint density at radius 2 is 1.69 bits per heavy atom. The zero-order chi connectivity index (χ0) is 25.2. The summed E-state index contributed by atoms with van der Waals surface area (Å²) < 4.78 is 2.03. The summed E-state index contributed by atoms with van der Waals surface area (Å²) in [5, 5.41) is 16.1. The smallest absolute Gasteiger partial charge is 0.335 e. The molecule has 36 heavy (non-hydrogen) atoms. The molecular formula is C27H23N5O3S. The van der Waals surface area contributed by atoms with Crippen LogP contribution in [0.2, 0.25) is 0 Å². The summed E-state index contributed by atoms with van der Waals surface area (Å²) in [6.07, 6.45) is 3.70. The van der Waals surface area contributed by atoms with Gasteiger partial charge in [-0.3, -0.25) is 9.78 Å². The van der Waals surface area contributed by atoms with Crippen molar-refractivity contribution in [2.24, 2.45) is 0 Å². The standard InChI is InChI=1S/C27H23N5O3S/c1-17(33)29-19-9-13-21(14-10-19)32-25(24(30-27(32)36)22-5-2-3-15-28-22)23-6-4-16-31(23)20-11-7-18(8-12-20)26(34)35/h2-16,24-25H,1H3,(H,29,33)(H,30,36)(H,34,35)/t24-,25+/m0/s1. The van der Waals surface area contributed by atoms with E-state index < -0.39 is 5.97 Å². The number of carboxylic acid groups (broad SMARTS) is 1. The first-order valence-electron chi connectivity index (χ1n) is 11.3. The number of nitrogens with one attached hydrogen (secondary N) is 2. The number of amides is 1. The number of carbonyl (C=O) groups is 2. The average molecular weight is 498 g/mol. The molecule has 2 atom stereocenters. The Hall–Kier alpha value is -4.50. The van der Waals surface area contributed by atoms with Crippen LogP contribution in [0, 0.1) is 0 Å². The molecule has 0 aliphatic carbocycles. The molecule has 2 aromatic heterocycles. The van der Waals surface area contributed by atoms with Crippen LogP contribution < -0.4 is 15.5 Å². The van der Waals surface area contributed by atoms with E-state index in [4.69, 9.17) is 12.2 Å². The molecule has 1 saturated heterocycles. The van der Waals surface area contributed by atoms with Crippen molar-refractivity contribution in [2.45, 2.75) is 19.0 Å². The number of hydrogen-bond donors (Lipinski definition) is 3. The zero-order valence-corrected chi connectivity index (χ0v) is 20.1. The molecule has 8 nitrogen and oxygen atoms in total. The van der Waals surface area contributed by atoms with Gasteiger partial charge in [0.05, 0.1) is 17.3 Å². The number of carbonyl (C=O) groups excluding carboxylic acids is 1. The van der Waals surface area contributed by atoms with Crippen LogP contribution in [0.3, 0.4) is 0 Å². The molecule has 0 spiro atoms.